The molecule has 0 atom stereocenters. The Morgan fingerprint density at radius 2 is 1.47 bits per heavy atom. The molecule has 0 unspecified atom stereocenters. The summed E-state index contributed by atoms with van der Waals surface area (Å²) in [6.07, 6.45) is 0.952. The maximum atomic E-state index is 5.91. The van der Waals surface area contributed by atoms with Crippen molar-refractivity contribution in [1.82, 2.24) is 0 Å². The van der Waals surface area contributed by atoms with Crippen LogP contribution in [-0.4, -0.2) is 0 Å². The molecular weight excluding hydrogens is 208 g/mol. The zero-order valence-electron chi connectivity index (χ0n) is 10.3. The van der Waals surface area contributed by atoms with Crippen LogP contribution >= 0.6 is 0 Å². The van der Waals surface area contributed by atoms with E-state index >= 15 is 0 Å². The van der Waals surface area contributed by atoms with Gasteiger partial charge in [-0.05, 0) is 59.9 Å². The molecule has 17 heavy (non-hydrogen) atoms. The molecule has 0 fully saturated rings. The van der Waals surface area contributed by atoms with Crippen molar-refractivity contribution in [2.24, 2.45) is 0 Å². The molecule has 0 radical (unpaired) electrons. The first-order chi connectivity index (χ1) is 8.11. The third-order valence-electron chi connectivity index (χ3n) is 3.13. The monoisotopic (exact) mass is 226 g/mol. The molecule has 4 N–H and O–H groups in total. The maximum Gasteiger partial charge on any atom is 0.0346 e. The van der Waals surface area contributed by atoms with Gasteiger partial charge in [0, 0.05) is 11.4 Å². The van der Waals surface area contributed by atoms with Crippen molar-refractivity contribution in [2.45, 2.75) is 20.3 Å². The summed E-state index contributed by atoms with van der Waals surface area (Å²) in [6, 6.07) is 12.3. The van der Waals surface area contributed by atoms with Gasteiger partial charge in [0.2, 0.25) is 0 Å². The summed E-state index contributed by atoms with van der Waals surface area (Å²) >= 11 is 0. The third-order valence-corrected chi connectivity index (χ3v) is 3.13. The van der Waals surface area contributed by atoms with Gasteiger partial charge in [-0.1, -0.05) is 19.1 Å². The Bertz CT molecular complexity index is 545. The predicted molar refractivity (Wildman–Crippen MR) is 74.8 cm³/mol. The lowest BCUT2D eigenvalue weighted by Gasteiger charge is -2.09. The molecule has 0 amide bonds. The van der Waals surface area contributed by atoms with Crippen molar-refractivity contribution in [2.75, 3.05) is 11.5 Å². The van der Waals surface area contributed by atoms with E-state index in [-0.39, 0.29) is 0 Å². The Morgan fingerprint density at radius 3 is 2.06 bits per heavy atom. The zero-order chi connectivity index (χ0) is 12.4. The van der Waals surface area contributed by atoms with Crippen LogP contribution in [0.1, 0.15) is 18.1 Å². The molecule has 2 rings (SSSR count). The molecule has 0 heterocycles. The smallest absolute Gasteiger partial charge is 0.0346 e. The van der Waals surface area contributed by atoms with Crippen LogP contribution in [0.3, 0.4) is 0 Å². The van der Waals surface area contributed by atoms with Crippen LogP contribution in [0.2, 0.25) is 0 Å². The van der Waals surface area contributed by atoms with Crippen molar-refractivity contribution >= 4 is 11.4 Å². The molecule has 0 saturated carbocycles. The first kappa shape index (κ1) is 11.5. The number of nitrogens with two attached hydrogens (primary N) is 2. The Kier molecular flexibility index (Phi) is 3.05. The Labute approximate surface area is 102 Å². The molecule has 0 saturated heterocycles. The standard InChI is InChI=1S/C15H18N2/c1-3-11-9-13(5-7-15(11)17)12-4-6-14(16)10(2)8-12/h4-9H,3,16-17H2,1-2H3. The van der Waals surface area contributed by atoms with Crippen molar-refractivity contribution in [3.8, 4) is 11.1 Å². The minimum atomic E-state index is 0.833. The van der Waals surface area contributed by atoms with Crippen LogP contribution < -0.4 is 11.5 Å². The highest BCUT2D eigenvalue weighted by molar-refractivity contribution is 5.70. The van der Waals surface area contributed by atoms with Crippen molar-refractivity contribution < 1.29 is 0 Å². The lowest BCUT2D eigenvalue weighted by atomic mass is 9.99. The summed E-state index contributed by atoms with van der Waals surface area (Å²) in [5, 5.41) is 0. The molecule has 0 spiro atoms. The highest BCUT2D eigenvalue weighted by Gasteiger charge is 2.03. The van der Waals surface area contributed by atoms with Crippen LogP contribution in [0.25, 0.3) is 11.1 Å². The van der Waals surface area contributed by atoms with Crippen molar-refractivity contribution in [3.05, 3.63) is 47.5 Å². The lowest BCUT2D eigenvalue weighted by molar-refractivity contribution is 1.15. The van der Waals surface area contributed by atoms with E-state index in [4.69, 9.17) is 11.5 Å². The maximum absolute atomic E-state index is 5.91. The molecule has 0 aliphatic rings. The normalized spacial score (nSPS) is 10.5. The highest BCUT2D eigenvalue weighted by Crippen LogP contribution is 2.26. The van der Waals surface area contributed by atoms with Crippen LogP contribution in [0.5, 0.6) is 0 Å². The number of rotatable bonds is 2. The Balaban J connectivity index is 2.49. The van der Waals surface area contributed by atoms with Gasteiger partial charge in [-0.3, -0.25) is 0 Å². The molecule has 2 heteroatoms. The second kappa shape index (κ2) is 4.50. The van der Waals surface area contributed by atoms with E-state index in [1.165, 1.54) is 16.7 Å². The lowest BCUT2D eigenvalue weighted by Crippen LogP contribution is -1.94. The minimum absolute atomic E-state index is 0.833. The van der Waals surface area contributed by atoms with E-state index in [0.29, 0.717) is 0 Å². The van der Waals surface area contributed by atoms with E-state index in [0.717, 1.165) is 23.4 Å². The summed E-state index contributed by atoms with van der Waals surface area (Å²) in [6.45, 7) is 4.14. The van der Waals surface area contributed by atoms with E-state index in [1.54, 1.807) is 0 Å². The van der Waals surface area contributed by atoms with Crippen molar-refractivity contribution in [1.29, 1.82) is 0 Å². The number of hydrogen-bond acceptors (Lipinski definition) is 2. The van der Waals surface area contributed by atoms with Crippen molar-refractivity contribution in [3.63, 3.8) is 0 Å². The van der Waals surface area contributed by atoms with Crippen LogP contribution in [0.4, 0.5) is 11.4 Å². The quantitative estimate of drug-likeness (QED) is 0.771. The van der Waals surface area contributed by atoms with E-state index < -0.39 is 0 Å². The second-order valence-electron chi connectivity index (χ2n) is 4.34. The minimum Gasteiger partial charge on any atom is -0.399 e. The van der Waals surface area contributed by atoms with Gasteiger partial charge in [0.15, 0.2) is 0 Å². The summed E-state index contributed by atoms with van der Waals surface area (Å²) in [5.41, 5.74) is 18.1. The first-order valence-electron chi connectivity index (χ1n) is 5.86. The van der Waals surface area contributed by atoms with Gasteiger partial charge in [0.05, 0.1) is 0 Å². The van der Waals surface area contributed by atoms with Gasteiger partial charge in [-0.15, -0.1) is 0 Å². The van der Waals surface area contributed by atoms with E-state index in [9.17, 15) is 0 Å². The number of nitrogen functional groups attached to an aromatic ring is 2. The Hall–Kier alpha value is -1.96. The fraction of sp³-hybridized carbons (Fsp3) is 0.200. The molecule has 2 aromatic rings. The molecule has 0 aromatic heterocycles. The summed E-state index contributed by atoms with van der Waals surface area (Å²) in [7, 11) is 0. The first-order valence-corrected chi connectivity index (χ1v) is 5.86. The summed E-state index contributed by atoms with van der Waals surface area (Å²) in [4.78, 5) is 0. The number of hydrogen-bond donors (Lipinski definition) is 2. The molecule has 88 valence electrons. The average Bonchev–Trinajstić information content (AvgIpc) is 2.33. The summed E-state index contributed by atoms with van der Waals surface area (Å²) < 4.78 is 0. The topological polar surface area (TPSA) is 52.0 Å². The fourth-order valence-corrected chi connectivity index (χ4v) is 1.95. The van der Waals surface area contributed by atoms with Crippen LogP contribution in [0, 0.1) is 6.92 Å². The Morgan fingerprint density at radius 1 is 0.882 bits per heavy atom. The molecule has 0 bridgehead atoms. The zero-order valence-corrected chi connectivity index (χ0v) is 10.3. The SMILES string of the molecule is CCc1cc(-c2ccc(N)c(C)c2)ccc1N. The van der Waals surface area contributed by atoms with Crippen LogP contribution in [-0.2, 0) is 6.42 Å². The van der Waals surface area contributed by atoms with Gasteiger partial charge in [-0.2, -0.15) is 0 Å². The molecule has 2 nitrogen and oxygen atoms in total. The molecule has 0 aliphatic heterocycles. The fourth-order valence-electron chi connectivity index (χ4n) is 1.95. The highest BCUT2D eigenvalue weighted by atomic mass is 14.6. The summed E-state index contributed by atoms with van der Waals surface area (Å²) in [5.74, 6) is 0. The van der Waals surface area contributed by atoms with Gasteiger partial charge >= 0.3 is 0 Å². The second-order valence-corrected chi connectivity index (χ2v) is 4.34. The predicted octanol–water partition coefficient (Wildman–Crippen LogP) is 3.39. The van der Waals surface area contributed by atoms with E-state index in [2.05, 4.69) is 25.1 Å². The molecule has 0 aliphatic carbocycles. The number of aryl methyl sites for hydroxylation is 2. The van der Waals surface area contributed by atoms with Gasteiger partial charge in [-0.25, -0.2) is 0 Å². The van der Waals surface area contributed by atoms with Gasteiger partial charge in [0.25, 0.3) is 0 Å². The van der Waals surface area contributed by atoms with E-state index in [1.807, 2.05) is 25.1 Å². The van der Waals surface area contributed by atoms with Gasteiger partial charge < -0.3 is 11.5 Å². The number of anilines is 2. The molecule has 2 aromatic carbocycles. The number of benzene rings is 2. The average molecular weight is 226 g/mol. The molecular formula is C15H18N2. The van der Waals surface area contributed by atoms with Gasteiger partial charge in [0.1, 0.15) is 0 Å². The largest absolute Gasteiger partial charge is 0.399 e. The third kappa shape index (κ3) is 2.26. The van der Waals surface area contributed by atoms with Crippen LogP contribution in [0.15, 0.2) is 36.4 Å².